The summed E-state index contributed by atoms with van der Waals surface area (Å²) >= 11 is 10.4. The number of unbranched alkanes of at least 4 members (excludes halogenated alkanes) is 1. The van der Waals surface area contributed by atoms with Crippen molar-refractivity contribution in [3.8, 4) is 0 Å². The van der Waals surface area contributed by atoms with Gasteiger partial charge in [0.2, 0.25) is 11.8 Å². The van der Waals surface area contributed by atoms with Crippen LogP contribution in [0.2, 0.25) is 0 Å². The van der Waals surface area contributed by atoms with Crippen molar-refractivity contribution in [2.75, 3.05) is 31.5 Å². The van der Waals surface area contributed by atoms with Gasteiger partial charge in [0.15, 0.2) is 0 Å². The molecule has 0 saturated carbocycles. The second kappa shape index (κ2) is 15.4. The molecule has 2 aromatic carbocycles. The van der Waals surface area contributed by atoms with Crippen molar-refractivity contribution in [1.82, 2.24) is 20.4 Å². The van der Waals surface area contributed by atoms with Gasteiger partial charge in [-0.05, 0) is 88.1 Å². The number of amides is 5. The van der Waals surface area contributed by atoms with Crippen molar-refractivity contribution in [3.05, 3.63) is 61.4 Å². The van der Waals surface area contributed by atoms with Crippen LogP contribution in [0.15, 0.2) is 55.9 Å². The number of likely N-dealkylation sites (tertiary alicyclic amines) is 1. The topological polar surface area (TPSA) is 120 Å². The Kier molecular flexibility index (Phi) is 11.9. The minimum Gasteiger partial charge on any atom is -0.445 e. The lowest BCUT2D eigenvalue weighted by molar-refractivity contribution is -0.160. The summed E-state index contributed by atoms with van der Waals surface area (Å²) < 4.78 is 7.55. The molecular formula is C30H36Br3N5O5. The first-order chi connectivity index (χ1) is 20.6. The molecule has 232 valence electrons. The Morgan fingerprint density at radius 2 is 1.72 bits per heavy atom. The molecule has 0 unspecified atom stereocenters. The van der Waals surface area contributed by atoms with E-state index in [2.05, 4.69) is 63.7 Å². The molecule has 2 fully saturated rings. The number of ether oxygens (including phenoxy) is 1. The monoisotopic (exact) mass is 783 g/mol. The molecule has 2 aromatic rings. The first-order valence-electron chi connectivity index (χ1n) is 14.4. The Hall–Kier alpha value is -2.64. The fraction of sp³-hybridized carbons (Fsp3) is 0.467. The second-order valence-corrected chi connectivity index (χ2v) is 13.3. The molecule has 0 radical (unpaired) electrons. The highest BCUT2D eigenvalue weighted by molar-refractivity contribution is 9.11. The van der Waals surface area contributed by atoms with Gasteiger partial charge in [0, 0.05) is 39.6 Å². The lowest BCUT2D eigenvalue weighted by Crippen LogP contribution is -2.73. The van der Waals surface area contributed by atoms with Crippen LogP contribution in [0, 0.1) is 0 Å². The van der Waals surface area contributed by atoms with E-state index in [-0.39, 0.29) is 24.5 Å². The van der Waals surface area contributed by atoms with E-state index >= 15 is 0 Å². The van der Waals surface area contributed by atoms with Crippen molar-refractivity contribution in [1.29, 1.82) is 0 Å². The smallest absolute Gasteiger partial charge is 0.407 e. The van der Waals surface area contributed by atoms with Gasteiger partial charge in [-0.15, -0.1) is 0 Å². The molecule has 10 nitrogen and oxygen atoms in total. The van der Waals surface area contributed by atoms with Crippen LogP contribution >= 0.6 is 47.8 Å². The van der Waals surface area contributed by atoms with Crippen molar-refractivity contribution < 1.29 is 23.9 Å². The number of hydrogen-bond acceptors (Lipinski definition) is 5. The van der Waals surface area contributed by atoms with Gasteiger partial charge in [0.05, 0.1) is 5.69 Å². The molecule has 0 aromatic heterocycles. The largest absolute Gasteiger partial charge is 0.445 e. The molecule has 3 N–H and O–H groups in total. The van der Waals surface area contributed by atoms with Crippen LogP contribution in [-0.4, -0.2) is 71.5 Å². The zero-order valence-corrected chi connectivity index (χ0v) is 28.7. The molecule has 5 amide bonds. The maximum absolute atomic E-state index is 13.6. The molecule has 0 bridgehead atoms. The molecule has 1 spiro atoms. The summed E-state index contributed by atoms with van der Waals surface area (Å²) in [6.07, 6.45) is 2.74. The van der Waals surface area contributed by atoms with E-state index in [4.69, 9.17) is 4.74 Å². The molecule has 2 aliphatic rings. The van der Waals surface area contributed by atoms with E-state index in [1.807, 2.05) is 49.4 Å². The second-order valence-electron chi connectivity index (χ2n) is 10.7. The number of alkyl carbamates (subject to hydrolysis) is 1. The number of nitrogens with zero attached hydrogens (tertiary/aromatic N) is 2. The molecule has 1 atom stereocenters. The highest BCUT2D eigenvalue weighted by Crippen LogP contribution is 2.36. The summed E-state index contributed by atoms with van der Waals surface area (Å²) in [5.41, 5.74) is 0.562. The van der Waals surface area contributed by atoms with Gasteiger partial charge in [-0.3, -0.25) is 9.59 Å². The summed E-state index contributed by atoms with van der Waals surface area (Å²) in [6.45, 7) is 3.76. The fourth-order valence-electron chi connectivity index (χ4n) is 5.48. The van der Waals surface area contributed by atoms with Crippen LogP contribution in [0.1, 0.15) is 51.0 Å². The Bertz CT molecular complexity index is 1300. The van der Waals surface area contributed by atoms with Crippen LogP contribution in [0.25, 0.3) is 0 Å². The Balaban J connectivity index is 1.26. The number of urea groups is 1. The highest BCUT2D eigenvalue weighted by atomic mass is 79.9. The van der Waals surface area contributed by atoms with Crippen LogP contribution in [0.3, 0.4) is 0 Å². The molecule has 2 aliphatic heterocycles. The third kappa shape index (κ3) is 8.30. The number of anilines is 1. The number of nitrogens with one attached hydrogen (secondary N) is 3. The summed E-state index contributed by atoms with van der Waals surface area (Å²) in [7, 11) is 0. The number of halogens is 3. The van der Waals surface area contributed by atoms with Crippen LogP contribution < -0.4 is 16.0 Å². The first kappa shape index (κ1) is 33.3. The quantitative estimate of drug-likeness (QED) is 0.249. The average molecular weight is 786 g/mol. The zero-order chi connectivity index (χ0) is 31.0. The fourth-order valence-corrected chi connectivity index (χ4v) is 7.94. The molecule has 0 aliphatic carbocycles. The number of hydrogen-bond donors (Lipinski definition) is 3. The van der Waals surface area contributed by atoms with E-state index in [1.54, 1.807) is 9.80 Å². The predicted octanol–water partition coefficient (Wildman–Crippen LogP) is 6.17. The Labute approximate surface area is 277 Å². The van der Waals surface area contributed by atoms with Gasteiger partial charge in [-0.25, -0.2) is 9.59 Å². The minimum atomic E-state index is -0.969. The van der Waals surface area contributed by atoms with Gasteiger partial charge in [-0.2, -0.15) is 0 Å². The summed E-state index contributed by atoms with van der Waals surface area (Å²) in [4.78, 5) is 55.6. The first-order valence-corrected chi connectivity index (χ1v) is 16.8. The van der Waals surface area contributed by atoms with Crippen molar-refractivity contribution in [3.63, 3.8) is 0 Å². The van der Waals surface area contributed by atoms with Gasteiger partial charge >= 0.3 is 12.1 Å². The molecule has 4 rings (SSSR count). The van der Waals surface area contributed by atoms with E-state index in [0.717, 1.165) is 25.4 Å². The number of piperidine rings is 1. The molecule has 2 saturated heterocycles. The lowest BCUT2D eigenvalue weighted by atomic mass is 9.81. The molecule has 2 heterocycles. The maximum atomic E-state index is 13.6. The van der Waals surface area contributed by atoms with E-state index < -0.39 is 17.7 Å². The maximum Gasteiger partial charge on any atom is 0.407 e. The standard InChI is InChI=1S/C30H36Br3N5O5/c1-2-14-38-26(39)24(10-6-7-13-34-29(42)43-19-20-8-4-3-5-9-20)35-27(40)30(38)11-15-37(16-12-30)28(41)36-25-22(32)17-21(31)18-23(25)33/h3-5,8-9,17-18,24H,2,6-7,10-16,19H2,1H3,(H,34,42)(H,35,40)(H,36,41)/t24-/m0/s1. The Morgan fingerprint density at radius 1 is 1.05 bits per heavy atom. The minimum absolute atomic E-state index is 0.0858. The normalized spacial score (nSPS) is 17.9. The summed E-state index contributed by atoms with van der Waals surface area (Å²) in [6, 6.07) is 12.3. The number of benzene rings is 2. The highest BCUT2D eigenvalue weighted by Gasteiger charge is 2.53. The molecule has 43 heavy (non-hydrogen) atoms. The lowest BCUT2D eigenvalue weighted by Gasteiger charge is -2.51. The molecular weight excluding hydrogens is 750 g/mol. The van der Waals surface area contributed by atoms with Crippen molar-refractivity contribution in [2.24, 2.45) is 0 Å². The third-order valence-electron chi connectivity index (χ3n) is 7.77. The Morgan fingerprint density at radius 3 is 2.37 bits per heavy atom. The van der Waals surface area contributed by atoms with Gasteiger partial charge < -0.3 is 30.5 Å². The number of piperazine rings is 1. The van der Waals surface area contributed by atoms with Crippen LogP contribution in [0.4, 0.5) is 15.3 Å². The summed E-state index contributed by atoms with van der Waals surface area (Å²) in [5.74, 6) is -0.246. The van der Waals surface area contributed by atoms with Crippen LogP contribution in [0.5, 0.6) is 0 Å². The van der Waals surface area contributed by atoms with Crippen LogP contribution in [-0.2, 0) is 20.9 Å². The average Bonchev–Trinajstić information content (AvgIpc) is 2.99. The van der Waals surface area contributed by atoms with Crippen molar-refractivity contribution in [2.45, 2.75) is 63.6 Å². The van der Waals surface area contributed by atoms with Gasteiger partial charge in [-0.1, -0.05) is 53.2 Å². The van der Waals surface area contributed by atoms with Gasteiger partial charge in [0.25, 0.3) is 0 Å². The number of rotatable bonds is 10. The number of carbonyl (C=O) groups is 4. The zero-order valence-electron chi connectivity index (χ0n) is 24.0. The predicted molar refractivity (Wildman–Crippen MR) is 175 cm³/mol. The van der Waals surface area contributed by atoms with E-state index in [9.17, 15) is 19.2 Å². The third-order valence-corrected chi connectivity index (χ3v) is 9.48. The molecule has 13 heteroatoms. The van der Waals surface area contributed by atoms with Gasteiger partial charge in [0.1, 0.15) is 18.2 Å². The van der Waals surface area contributed by atoms with Crippen molar-refractivity contribution >= 4 is 77.4 Å². The SMILES string of the molecule is CCCN1C(=O)[C@H](CCCCNC(=O)OCc2ccccc2)NC(=O)C12CCN(C(=O)Nc1c(Br)cc(Br)cc1Br)CC2. The van der Waals surface area contributed by atoms with E-state index in [0.29, 0.717) is 64.0 Å². The summed E-state index contributed by atoms with van der Waals surface area (Å²) in [5, 5.41) is 8.66. The number of carbonyl (C=O) groups excluding carboxylic acids is 4. The van der Waals surface area contributed by atoms with E-state index in [1.165, 1.54) is 0 Å².